The van der Waals surface area contributed by atoms with Crippen LogP contribution in [-0.4, -0.2) is 25.6 Å². The molecular weight excluding hydrogens is 336 g/mol. The van der Waals surface area contributed by atoms with Crippen LogP contribution in [0.15, 0.2) is 30.5 Å². The van der Waals surface area contributed by atoms with E-state index < -0.39 is 5.92 Å². The molecule has 0 aliphatic carbocycles. The highest BCUT2D eigenvalue weighted by atomic mass is 15.1. The molecule has 1 aromatic carbocycles. The molecule has 3 aromatic rings. The van der Waals surface area contributed by atoms with Crippen molar-refractivity contribution in [3.63, 3.8) is 0 Å². The Morgan fingerprint density at radius 1 is 1.22 bits per heavy atom. The van der Waals surface area contributed by atoms with E-state index in [0.29, 0.717) is 11.6 Å². The van der Waals surface area contributed by atoms with Gasteiger partial charge in [-0.2, -0.15) is 5.26 Å². The van der Waals surface area contributed by atoms with Crippen molar-refractivity contribution in [1.29, 1.82) is 5.26 Å². The predicted molar refractivity (Wildman–Crippen MR) is 108 cm³/mol. The van der Waals surface area contributed by atoms with E-state index in [1.165, 1.54) is 0 Å². The van der Waals surface area contributed by atoms with Crippen molar-refractivity contribution in [1.82, 2.24) is 19.5 Å². The lowest BCUT2D eigenvalue weighted by Gasteiger charge is -2.16. The minimum absolute atomic E-state index is 0.284. The molecule has 6 heteroatoms. The first kappa shape index (κ1) is 18.8. The molecule has 0 aliphatic heterocycles. The summed E-state index contributed by atoms with van der Waals surface area (Å²) in [5, 5.41) is 13.3. The number of aryl methyl sites for hydroxylation is 2. The van der Waals surface area contributed by atoms with E-state index in [4.69, 9.17) is 4.98 Å². The van der Waals surface area contributed by atoms with Crippen LogP contribution >= 0.6 is 0 Å². The van der Waals surface area contributed by atoms with Crippen molar-refractivity contribution in [3.05, 3.63) is 47.5 Å². The fourth-order valence-corrected chi connectivity index (χ4v) is 3.43. The second-order valence-electron chi connectivity index (χ2n) is 6.86. The average molecular weight is 362 g/mol. The number of hydrogen-bond donors (Lipinski definition) is 1. The number of aromatic nitrogens is 4. The van der Waals surface area contributed by atoms with Crippen LogP contribution in [-0.2, 0) is 6.54 Å². The van der Waals surface area contributed by atoms with E-state index >= 15 is 0 Å². The van der Waals surface area contributed by atoms with Crippen LogP contribution < -0.4 is 5.32 Å². The maximum atomic E-state index is 9.98. The van der Waals surface area contributed by atoms with Crippen molar-refractivity contribution < 1.29 is 0 Å². The summed E-state index contributed by atoms with van der Waals surface area (Å²) >= 11 is 0. The molecule has 0 amide bonds. The monoisotopic (exact) mass is 362 g/mol. The summed E-state index contributed by atoms with van der Waals surface area (Å²) in [6.07, 6.45) is 3.92. The van der Waals surface area contributed by atoms with Gasteiger partial charge in [0.25, 0.3) is 0 Å². The summed E-state index contributed by atoms with van der Waals surface area (Å²) in [4.78, 5) is 13.8. The minimum atomic E-state index is -0.539. The number of fused-ring (bicyclic) bond motifs is 1. The fourth-order valence-electron chi connectivity index (χ4n) is 3.43. The molecule has 0 aliphatic rings. The molecular formula is C21H26N6. The second-order valence-corrected chi connectivity index (χ2v) is 6.86. The molecule has 0 spiro atoms. The zero-order valence-electron chi connectivity index (χ0n) is 16.4. The third-order valence-corrected chi connectivity index (χ3v) is 4.77. The quantitative estimate of drug-likeness (QED) is 0.673. The highest BCUT2D eigenvalue weighted by Gasteiger charge is 2.25. The van der Waals surface area contributed by atoms with Gasteiger partial charge in [-0.1, -0.05) is 25.5 Å². The summed E-state index contributed by atoms with van der Waals surface area (Å²) in [6.45, 7) is 9.03. The molecule has 27 heavy (non-hydrogen) atoms. The van der Waals surface area contributed by atoms with Gasteiger partial charge in [0.1, 0.15) is 11.7 Å². The number of anilines is 1. The van der Waals surface area contributed by atoms with Gasteiger partial charge in [0.05, 0.1) is 22.8 Å². The molecule has 2 atom stereocenters. The maximum absolute atomic E-state index is 9.98. The van der Waals surface area contributed by atoms with Crippen LogP contribution in [0, 0.1) is 18.3 Å². The third-order valence-electron chi connectivity index (χ3n) is 4.77. The van der Waals surface area contributed by atoms with Gasteiger partial charge in [-0.25, -0.2) is 15.0 Å². The first-order chi connectivity index (χ1) is 13.1. The molecule has 2 heterocycles. The number of nitrogens with zero attached hydrogens (tertiary/aromatic N) is 5. The number of imidazole rings is 1. The molecule has 0 radical (unpaired) electrons. The highest BCUT2D eigenvalue weighted by Crippen LogP contribution is 2.28. The van der Waals surface area contributed by atoms with Gasteiger partial charge in [-0.3, -0.25) is 0 Å². The zero-order valence-corrected chi connectivity index (χ0v) is 16.4. The first-order valence-electron chi connectivity index (χ1n) is 9.53. The lowest BCUT2D eigenvalue weighted by atomic mass is 10.0. The number of para-hydroxylation sites is 2. The Morgan fingerprint density at radius 3 is 2.70 bits per heavy atom. The number of nitriles is 1. The minimum Gasteiger partial charge on any atom is -0.352 e. The molecule has 2 unspecified atom stereocenters. The summed E-state index contributed by atoms with van der Waals surface area (Å²) in [5.41, 5.74) is 3.54. The smallest absolute Gasteiger partial charge is 0.223 e. The van der Waals surface area contributed by atoms with Crippen LogP contribution in [0.2, 0.25) is 0 Å². The first-order valence-corrected chi connectivity index (χ1v) is 9.53. The van der Waals surface area contributed by atoms with Crippen molar-refractivity contribution in [2.24, 2.45) is 0 Å². The van der Waals surface area contributed by atoms with Crippen LogP contribution in [0.1, 0.15) is 56.6 Å². The van der Waals surface area contributed by atoms with Crippen LogP contribution in [0.5, 0.6) is 0 Å². The Morgan fingerprint density at radius 2 is 2.00 bits per heavy atom. The van der Waals surface area contributed by atoms with E-state index in [2.05, 4.69) is 46.7 Å². The second kappa shape index (κ2) is 8.17. The fraction of sp³-hybridized carbons (Fsp3) is 0.429. The molecule has 3 rings (SSSR count). The summed E-state index contributed by atoms with van der Waals surface area (Å²) in [6, 6.07) is 10.7. The third kappa shape index (κ3) is 3.77. The van der Waals surface area contributed by atoms with E-state index in [9.17, 15) is 5.26 Å². The molecule has 0 fully saturated rings. The summed E-state index contributed by atoms with van der Waals surface area (Å²) in [5.74, 6) is 0.758. The number of rotatable bonds is 7. The van der Waals surface area contributed by atoms with Crippen LogP contribution in [0.25, 0.3) is 11.0 Å². The molecule has 140 valence electrons. The Kier molecular flexibility index (Phi) is 5.70. The molecule has 0 saturated carbocycles. The maximum Gasteiger partial charge on any atom is 0.223 e. The lowest BCUT2D eigenvalue weighted by Crippen LogP contribution is -2.18. The number of hydrogen-bond acceptors (Lipinski definition) is 5. The van der Waals surface area contributed by atoms with Gasteiger partial charge in [-0.05, 0) is 44.9 Å². The van der Waals surface area contributed by atoms with E-state index in [0.717, 1.165) is 41.8 Å². The lowest BCUT2D eigenvalue weighted by molar-refractivity contribution is 0.678. The largest absolute Gasteiger partial charge is 0.352 e. The van der Waals surface area contributed by atoms with Gasteiger partial charge in [0.15, 0.2) is 0 Å². The van der Waals surface area contributed by atoms with Gasteiger partial charge in [0, 0.05) is 18.8 Å². The number of benzene rings is 1. The zero-order chi connectivity index (χ0) is 19.4. The summed E-state index contributed by atoms with van der Waals surface area (Å²) in [7, 11) is 0. The van der Waals surface area contributed by atoms with Gasteiger partial charge >= 0.3 is 0 Å². The Labute approximate surface area is 160 Å². The van der Waals surface area contributed by atoms with Gasteiger partial charge in [0.2, 0.25) is 5.95 Å². The van der Waals surface area contributed by atoms with Crippen molar-refractivity contribution in [2.75, 3.05) is 5.32 Å². The van der Waals surface area contributed by atoms with Crippen molar-refractivity contribution in [3.8, 4) is 6.07 Å². The molecule has 0 saturated heterocycles. The Balaban J connectivity index is 2.05. The SMILES string of the molecule is CCCC(C)Nc1ncc(C)c(C(C#N)c2nc3ccccc3n2CC)n1. The predicted octanol–water partition coefficient (Wildman–Crippen LogP) is 4.41. The van der Waals surface area contributed by atoms with E-state index in [-0.39, 0.29) is 6.04 Å². The molecule has 2 aromatic heterocycles. The standard InChI is InChI=1S/C21H26N6/c1-5-9-15(4)24-21-23-13-14(3)19(26-21)16(12-22)20-25-17-10-7-8-11-18(17)27(20)6-2/h7-8,10-11,13,15-16H,5-6,9H2,1-4H3,(H,23,24,26). The van der Waals surface area contributed by atoms with Crippen molar-refractivity contribution >= 4 is 17.0 Å². The van der Waals surface area contributed by atoms with Gasteiger partial charge < -0.3 is 9.88 Å². The van der Waals surface area contributed by atoms with Crippen LogP contribution in [0.4, 0.5) is 5.95 Å². The Bertz CT molecular complexity index is 968. The van der Waals surface area contributed by atoms with E-state index in [1.54, 1.807) is 6.20 Å². The van der Waals surface area contributed by atoms with E-state index in [1.807, 2.05) is 31.2 Å². The highest BCUT2D eigenvalue weighted by molar-refractivity contribution is 5.76. The van der Waals surface area contributed by atoms with Gasteiger partial charge in [-0.15, -0.1) is 0 Å². The van der Waals surface area contributed by atoms with Crippen molar-refractivity contribution in [2.45, 2.75) is 59.0 Å². The summed E-state index contributed by atoms with van der Waals surface area (Å²) < 4.78 is 2.09. The Hall–Kier alpha value is -2.94. The normalized spacial score (nSPS) is 13.3. The molecule has 1 N–H and O–H groups in total. The molecule has 6 nitrogen and oxygen atoms in total. The average Bonchev–Trinajstić information content (AvgIpc) is 3.03. The van der Waals surface area contributed by atoms with Crippen LogP contribution in [0.3, 0.4) is 0 Å². The molecule has 0 bridgehead atoms. The number of nitrogens with one attached hydrogen (secondary N) is 1. The topological polar surface area (TPSA) is 79.4 Å².